The van der Waals surface area contributed by atoms with E-state index in [0.717, 1.165) is 15.8 Å². The van der Waals surface area contributed by atoms with Gasteiger partial charge in [0.2, 0.25) is 5.91 Å². The number of hydrogen-bond donors (Lipinski definition) is 2. The summed E-state index contributed by atoms with van der Waals surface area (Å²) in [5.74, 6) is 0.0146. The Morgan fingerprint density at radius 3 is 2.57 bits per heavy atom. The molecule has 2 aromatic rings. The van der Waals surface area contributed by atoms with Crippen LogP contribution >= 0.6 is 15.9 Å². The molecule has 0 aromatic heterocycles. The predicted octanol–water partition coefficient (Wildman–Crippen LogP) is 4.51. The van der Waals surface area contributed by atoms with Gasteiger partial charge in [0.15, 0.2) is 0 Å². The first-order valence-electron chi connectivity index (χ1n) is 6.91. The Balaban J connectivity index is 1.81. The number of amides is 1. The fraction of sp³-hybridized carbons (Fsp3) is 0.235. The normalized spacial score (nSPS) is 10.2. The maximum atomic E-state index is 11.9. The smallest absolute Gasteiger partial charge is 0.226 e. The molecule has 0 saturated carbocycles. The van der Waals surface area contributed by atoms with Crippen LogP contribution < -0.4 is 10.6 Å². The largest absolute Gasteiger partial charge is 0.384 e. The van der Waals surface area contributed by atoms with Gasteiger partial charge in [-0.2, -0.15) is 0 Å². The zero-order chi connectivity index (χ0) is 15.2. The van der Waals surface area contributed by atoms with Gasteiger partial charge in [0.1, 0.15) is 0 Å². The molecule has 3 nitrogen and oxygen atoms in total. The highest BCUT2D eigenvalue weighted by Gasteiger charge is 2.03. The molecule has 1 amide bonds. The van der Waals surface area contributed by atoms with Crippen molar-refractivity contribution in [3.63, 3.8) is 0 Å². The Kier molecular flexibility index (Phi) is 5.39. The zero-order valence-electron chi connectivity index (χ0n) is 12.2. The highest BCUT2D eigenvalue weighted by atomic mass is 79.9. The van der Waals surface area contributed by atoms with Crippen LogP contribution in [0.25, 0.3) is 0 Å². The fourth-order valence-electron chi connectivity index (χ4n) is 1.96. The molecular weight excluding hydrogens is 328 g/mol. The van der Waals surface area contributed by atoms with Crippen molar-refractivity contribution in [2.75, 3.05) is 17.2 Å². The van der Waals surface area contributed by atoms with Gasteiger partial charge in [-0.15, -0.1) is 0 Å². The number of rotatable bonds is 5. The molecule has 0 spiro atoms. The molecular formula is C17H19BrN2O. The van der Waals surface area contributed by atoms with E-state index in [4.69, 9.17) is 0 Å². The standard InChI is InChI=1S/C17H19BrN2O/c1-12-6-7-16(10-13(12)2)20-17(21)8-9-19-15-5-3-4-14(18)11-15/h3-7,10-11,19H,8-9H2,1-2H3,(H,20,21). The van der Waals surface area contributed by atoms with E-state index in [9.17, 15) is 4.79 Å². The Morgan fingerprint density at radius 2 is 1.86 bits per heavy atom. The monoisotopic (exact) mass is 346 g/mol. The summed E-state index contributed by atoms with van der Waals surface area (Å²) in [7, 11) is 0. The maximum absolute atomic E-state index is 11.9. The topological polar surface area (TPSA) is 41.1 Å². The van der Waals surface area contributed by atoms with Crippen molar-refractivity contribution >= 4 is 33.2 Å². The summed E-state index contributed by atoms with van der Waals surface area (Å²) in [6, 6.07) is 13.8. The van der Waals surface area contributed by atoms with Crippen molar-refractivity contribution in [2.24, 2.45) is 0 Å². The minimum atomic E-state index is 0.0146. The molecule has 0 heterocycles. The lowest BCUT2D eigenvalue weighted by Crippen LogP contribution is -2.16. The van der Waals surface area contributed by atoms with Gasteiger partial charge in [-0.1, -0.05) is 28.1 Å². The molecule has 0 atom stereocenters. The van der Waals surface area contributed by atoms with Crippen LogP contribution in [0.1, 0.15) is 17.5 Å². The Morgan fingerprint density at radius 1 is 1.05 bits per heavy atom. The van der Waals surface area contributed by atoms with Gasteiger partial charge in [0, 0.05) is 28.8 Å². The van der Waals surface area contributed by atoms with Crippen LogP contribution in [0.15, 0.2) is 46.9 Å². The summed E-state index contributed by atoms with van der Waals surface area (Å²) >= 11 is 3.42. The second-order valence-corrected chi connectivity index (χ2v) is 5.95. The summed E-state index contributed by atoms with van der Waals surface area (Å²) in [5, 5.41) is 6.15. The number of halogens is 1. The molecule has 0 fully saturated rings. The van der Waals surface area contributed by atoms with Gasteiger partial charge in [0.05, 0.1) is 0 Å². The Labute approximate surface area is 133 Å². The second-order valence-electron chi connectivity index (χ2n) is 5.03. The highest BCUT2D eigenvalue weighted by molar-refractivity contribution is 9.10. The van der Waals surface area contributed by atoms with Crippen LogP contribution in [-0.2, 0) is 4.79 Å². The molecule has 0 saturated heterocycles. The average Bonchev–Trinajstić information content (AvgIpc) is 2.43. The number of nitrogens with one attached hydrogen (secondary N) is 2. The number of carbonyl (C=O) groups excluding carboxylic acids is 1. The highest BCUT2D eigenvalue weighted by Crippen LogP contribution is 2.16. The lowest BCUT2D eigenvalue weighted by molar-refractivity contribution is -0.115. The lowest BCUT2D eigenvalue weighted by atomic mass is 10.1. The quantitative estimate of drug-likeness (QED) is 0.836. The van der Waals surface area contributed by atoms with E-state index < -0.39 is 0 Å². The first-order chi connectivity index (χ1) is 10.0. The van der Waals surface area contributed by atoms with Gasteiger partial charge in [0.25, 0.3) is 0 Å². The predicted molar refractivity (Wildman–Crippen MR) is 91.8 cm³/mol. The van der Waals surface area contributed by atoms with E-state index in [2.05, 4.69) is 33.5 Å². The molecule has 4 heteroatoms. The van der Waals surface area contributed by atoms with Crippen molar-refractivity contribution < 1.29 is 4.79 Å². The molecule has 0 radical (unpaired) electrons. The maximum Gasteiger partial charge on any atom is 0.226 e. The van der Waals surface area contributed by atoms with Crippen LogP contribution in [0.3, 0.4) is 0 Å². The molecule has 2 N–H and O–H groups in total. The third kappa shape index (κ3) is 4.90. The zero-order valence-corrected chi connectivity index (χ0v) is 13.8. The third-order valence-electron chi connectivity index (χ3n) is 3.30. The Hall–Kier alpha value is -1.81. The van der Waals surface area contributed by atoms with Crippen molar-refractivity contribution in [3.05, 3.63) is 58.1 Å². The van der Waals surface area contributed by atoms with E-state index in [0.29, 0.717) is 13.0 Å². The summed E-state index contributed by atoms with van der Waals surface area (Å²) in [5.41, 5.74) is 4.26. The molecule has 2 aromatic carbocycles. The van der Waals surface area contributed by atoms with Gasteiger partial charge in [-0.25, -0.2) is 0 Å². The lowest BCUT2D eigenvalue weighted by Gasteiger charge is -2.09. The van der Waals surface area contributed by atoms with E-state index >= 15 is 0 Å². The summed E-state index contributed by atoms with van der Waals surface area (Å²) in [6.07, 6.45) is 0.430. The molecule has 0 unspecified atom stereocenters. The molecule has 0 aliphatic heterocycles. The molecule has 0 aliphatic carbocycles. The van der Waals surface area contributed by atoms with Gasteiger partial charge < -0.3 is 10.6 Å². The first kappa shape index (κ1) is 15.6. The molecule has 21 heavy (non-hydrogen) atoms. The summed E-state index contributed by atoms with van der Waals surface area (Å²) in [6.45, 7) is 4.70. The second kappa shape index (κ2) is 7.27. The van der Waals surface area contributed by atoms with Crippen LogP contribution in [-0.4, -0.2) is 12.5 Å². The molecule has 110 valence electrons. The van der Waals surface area contributed by atoms with Gasteiger partial charge in [-0.05, 0) is 55.3 Å². The van der Waals surface area contributed by atoms with E-state index in [1.165, 1.54) is 11.1 Å². The summed E-state index contributed by atoms with van der Waals surface area (Å²) < 4.78 is 1.02. The van der Waals surface area contributed by atoms with E-state index in [1.807, 2.05) is 49.4 Å². The third-order valence-corrected chi connectivity index (χ3v) is 3.79. The van der Waals surface area contributed by atoms with E-state index in [-0.39, 0.29) is 5.91 Å². The number of benzene rings is 2. The van der Waals surface area contributed by atoms with Crippen molar-refractivity contribution in [3.8, 4) is 0 Å². The van der Waals surface area contributed by atoms with Crippen LogP contribution in [0.5, 0.6) is 0 Å². The van der Waals surface area contributed by atoms with Gasteiger partial charge >= 0.3 is 0 Å². The number of carbonyl (C=O) groups is 1. The molecule has 0 bridgehead atoms. The minimum absolute atomic E-state index is 0.0146. The van der Waals surface area contributed by atoms with Crippen LogP contribution in [0, 0.1) is 13.8 Å². The SMILES string of the molecule is Cc1ccc(NC(=O)CCNc2cccc(Br)c2)cc1C. The van der Waals surface area contributed by atoms with E-state index in [1.54, 1.807) is 0 Å². The molecule has 0 aliphatic rings. The number of anilines is 2. The number of aryl methyl sites for hydroxylation is 2. The van der Waals surface area contributed by atoms with Crippen LogP contribution in [0.2, 0.25) is 0 Å². The van der Waals surface area contributed by atoms with Crippen molar-refractivity contribution in [2.45, 2.75) is 20.3 Å². The van der Waals surface area contributed by atoms with Crippen molar-refractivity contribution in [1.29, 1.82) is 0 Å². The number of hydrogen-bond acceptors (Lipinski definition) is 2. The van der Waals surface area contributed by atoms with Crippen molar-refractivity contribution in [1.82, 2.24) is 0 Å². The minimum Gasteiger partial charge on any atom is -0.384 e. The van der Waals surface area contributed by atoms with Crippen LogP contribution in [0.4, 0.5) is 11.4 Å². The fourth-order valence-corrected chi connectivity index (χ4v) is 2.36. The molecule has 2 rings (SSSR count). The average molecular weight is 347 g/mol. The Bertz CT molecular complexity index is 640. The first-order valence-corrected chi connectivity index (χ1v) is 7.70. The summed E-state index contributed by atoms with van der Waals surface area (Å²) in [4.78, 5) is 11.9. The van der Waals surface area contributed by atoms with Gasteiger partial charge in [-0.3, -0.25) is 4.79 Å².